The molecule has 0 fully saturated rings. The molecule has 0 saturated heterocycles. The number of methoxy groups -OCH3 is 1. The number of aliphatic carboxylic acids is 1. The number of rotatable bonds is 5. The molecule has 2 N–H and O–H groups in total. The number of halogens is 3. The Morgan fingerprint density at radius 3 is 2.43 bits per heavy atom. The third kappa shape index (κ3) is 3.64. The van der Waals surface area contributed by atoms with Crippen LogP contribution in [0.15, 0.2) is 12.1 Å². The number of benzene rings is 1. The Kier molecular flexibility index (Phi) is 5.55. The Labute approximate surface area is 131 Å². The predicted octanol–water partition coefficient (Wildman–Crippen LogP) is 2.80. The SMILES string of the molecule is COC(C)(C(=O)O)C(=O)NC(C)c1cc(F)c(Cl)cc1Cl. The molecule has 0 spiro atoms. The smallest absolute Gasteiger partial charge is 0.345 e. The second kappa shape index (κ2) is 6.60. The van der Waals surface area contributed by atoms with Crippen LogP contribution >= 0.6 is 23.2 Å². The quantitative estimate of drug-likeness (QED) is 0.639. The van der Waals surface area contributed by atoms with E-state index in [1.54, 1.807) is 0 Å². The van der Waals surface area contributed by atoms with Crippen LogP contribution in [0.4, 0.5) is 4.39 Å². The summed E-state index contributed by atoms with van der Waals surface area (Å²) in [5.74, 6) is -3.01. The molecule has 5 nitrogen and oxygen atoms in total. The number of carbonyl (C=O) groups is 2. The zero-order valence-corrected chi connectivity index (χ0v) is 13.0. The molecule has 0 aromatic heterocycles. The molecular weight excluding hydrogens is 324 g/mol. The van der Waals surface area contributed by atoms with Crippen LogP contribution in [-0.4, -0.2) is 29.7 Å². The van der Waals surface area contributed by atoms with Crippen LogP contribution in [0.1, 0.15) is 25.5 Å². The van der Waals surface area contributed by atoms with Gasteiger partial charge in [-0.25, -0.2) is 9.18 Å². The van der Waals surface area contributed by atoms with Crippen LogP contribution in [0.3, 0.4) is 0 Å². The lowest BCUT2D eigenvalue weighted by atomic mass is 10.0. The van der Waals surface area contributed by atoms with Gasteiger partial charge in [0.2, 0.25) is 5.60 Å². The molecule has 1 aromatic carbocycles. The van der Waals surface area contributed by atoms with E-state index in [4.69, 9.17) is 33.0 Å². The van der Waals surface area contributed by atoms with Crippen LogP contribution < -0.4 is 5.32 Å². The highest BCUT2D eigenvalue weighted by Gasteiger charge is 2.42. The molecule has 0 aliphatic carbocycles. The van der Waals surface area contributed by atoms with Crippen LogP contribution in [0.5, 0.6) is 0 Å². The molecule has 21 heavy (non-hydrogen) atoms. The Bertz CT molecular complexity index is 582. The number of nitrogens with one attached hydrogen (secondary N) is 1. The van der Waals surface area contributed by atoms with Gasteiger partial charge < -0.3 is 15.2 Å². The molecule has 116 valence electrons. The molecule has 2 unspecified atom stereocenters. The Morgan fingerprint density at radius 2 is 1.95 bits per heavy atom. The van der Waals surface area contributed by atoms with E-state index in [0.717, 1.165) is 20.1 Å². The first-order valence-corrected chi connectivity index (χ1v) is 6.63. The number of hydrogen-bond donors (Lipinski definition) is 2. The van der Waals surface area contributed by atoms with E-state index in [1.807, 2.05) is 0 Å². The number of ether oxygens (including phenoxy) is 1. The fraction of sp³-hybridized carbons (Fsp3) is 0.385. The molecule has 8 heteroatoms. The fourth-order valence-electron chi connectivity index (χ4n) is 1.56. The van der Waals surface area contributed by atoms with Crippen molar-refractivity contribution in [1.82, 2.24) is 5.32 Å². The highest BCUT2D eigenvalue weighted by Crippen LogP contribution is 2.29. The van der Waals surface area contributed by atoms with Gasteiger partial charge in [-0.05, 0) is 31.5 Å². The molecule has 2 atom stereocenters. The average molecular weight is 338 g/mol. The summed E-state index contributed by atoms with van der Waals surface area (Å²) in [5, 5.41) is 11.5. The van der Waals surface area contributed by atoms with Gasteiger partial charge >= 0.3 is 5.97 Å². The van der Waals surface area contributed by atoms with Gasteiger partial charge in [0.25, 0.3) is 5.91 Å². The molecule has 1 aromatic rings. The second-order valence-electron chi connectivity index (χ2n) is 4.53. The van der Waals surface area contributed by atoms with E-state index in [-0.39, 0.29) is 15.6 Å². The number of amides is 1. The summed E-state index contributed by atoms with van der Waals surface area (Å²) >= 11 is 11.5. The fourth-order valence-corrected chi connectivity index (χ4v) is 2.11. The van der Waals surface area contributed by atoms with Gasteiger partial charge in [-0.2, -0.15) is 0 Å². The van der Waals surface area contributed by atoms with E-state index < -0.39 is 29.3 Å². The van der Waals surface area contributed by atoms with Crippen molar-refractivity contribution in [3.05, 3.63) is 33.6 Å². The topological polar surface area (TPSA) is 75.6 Å². The number of carboxylic acids is 1. The van der Waals surface area contributed by atoms with E-state index in [1.165, 1.54) is 13.0 Å². The van der Waals surface area contributed by atoms with Gasteiger partial charge in [0.05, 0.1) is 11.1 Å². The summed E-state index contributed by atoms with van der Waals surface area (Å²) in [6.07, 6.45) is 0. The maximum Gasteiger partial charge on any atom is 0.345 e. The van der Waals surface area contributed by atoms with Gasteiger partial charge in [0.1, 0.15) is 5.82 Å². The monoisotopic (exact) mass is 337 g/mol. The number of hydrogen-bond acceptors (Lipinski definition) is 3. The Balaban J connectivity index is 3.01. The van der Waals surface area contributed by atoms with Crippen LogP contribution in [0.2, 0.25) is 10.0 Å². The standard InChI is InChI=1S/C13H14Cl2FNO4/c1-6(7-4-10(16)9(15)5-8(7)14)17-11(18)13(2,21-3)12(19)20/h4-6H,1-3H3,(H,17,18)(H,19,20). The molecular formula is C13H14Cl2FNO4. The van der Waals surface area contributed by atoms with Gasteiger partial charge in [-0.1, -0.05) is 23.2 Å². The van der Waals surface area contributed by atoms with Crippen molar-refractivity contribution in [3.63, 3.8) is 0 Å². The van der Waals surface area contributed by atoms with Crippen molar-refractivity contribution >= 4 is 35.1 Å². The number of carbonyl (C=O) groups excluding carboxylic acids is 1. The normalized spacial score (nSPS) is 15.1. The van der Waals surface area contributed by atoms with E-state index >= 15 is 0 Å². The molecule has 0 radical (unpaired) electrons. The van der Waals surface area contributed by atoms with Crippen molar-refractivity contribution in [3.8, 4) is 0 Å². The lowest BCUT2D eigenvalue weighted by Crippen LogP contribution is -2.52. The highest BCUT2D eigenvalue weighted by atomic mass is 35.5. The zero-order chi connectivity index (χ0) is 16.4. The number of carboxylic acid groups (broad SMARTS) is 1. The maximum atomic E-state index is 13.5. The summed E-state index contributed by atoms with van der Waals surface area (Å²) in [5.41, 5.74) is -1.78. The summed E-state index contributed by atoms with van der Waals surface area (Å²) in [6.45, 7) is 2.64. The largest absolute Gasteiger partial charge is 0.479 e. The van der Waals surface area contributed by atoms with Crippen molar-refractivity contribution in [2.24, 2.45) is 0 Å². The summed E-state index contributed by atoms with van der Waals surface area (Å²) in [7, 11) is 1.10. The molecule has 0 aliphatic rings. The van der Waals surface area contributed by atoms with Crippen molar-refractivity contribution in [1.29, 1.82) is 0 Å². The Morgan fingerprint density at radius 1 is 1.38 bits per heavy atom. The minimum atomic E-state index is -2.05. The van der Waals surface area contributed by atoms with Crippen molar-refractivity contribution < 1.29 is 23.8 Å². The summed E-state index contributed by atoms with van der Waals surface area (Å²) in [6, 6.07) is 1.56. The van der Waals surface area contributed by atoms with Gasteiger partial charge in [-0.15, -0.1) is 0 Å². The highest BCUT2D eigenvalue weighted by molar-refractivity contribution is 6.35. The van der Waals surface area contributed by atoms with Crippen LogP contribution in [0.25, 0.3) is 0 Å². The molecule has 0 bridgehead atoms. The third-order valence-electron chi connectivity index (χ3n) is 3.10. The van der Waals surface area contributed by atoms with Gasteiger partial charge in [-0.3, -0.25) is 4.79 Å². The first kappa shape index (κ1) is 17.7. The molecule has 0 saturated carbocycles. The van der Waals surface area contributed by atoms with E-state index in [0.29, 0.717) is 0 Å². The maximum absolute atomic E-state index is 13.5. The van der Waals surface area contributed by atoms with Crippen molar-refractivity contribution in [2.45, 2.75) is 25.5 Å². The van der Waals surface area contributed by atoms with Crippen LogP contribution in [0, 0.1) is 5.82 Å². The minimum absolute atomic E-state index is 0.144. The van der Waals surface area contributed by atoms with E-state index in [9.17, 15) is 14.0 Å². The van der Waals surface area contributed by atoms with Gasteiger partial charge in [0, 0.05) is 12.1 Å². The van der Waals surface area contributed by atoms with Gasteiger partial charge in [0.15, 0.2) is 0 Å². The van der Waals surface area contributed by atoms with Crippen LogP contribution in [-0.2, 0) is 14.3 Å². The first-order valence-electron chi connectivity index (χ1n) is 5.87. The zero-order valence-electron chi connectivity index (χ0n) is 11.5. The lowest BCUT2D eigenvalue weighted by molar-refractivity contribution is -0.168. The summed E-state index contributed by atoms with van der Waals surface area (Å²) in [4.78, 5) is 23.1. The second-order valence-corrected chi connectivity index (χ2v) is 5.34. The molecule has 1 rings (SSSR count). The van der Waals surface area contributed by atoms with Crippen molar-refractivity contribution in [2.75, 3.05) is 7.11 Å². The molecule has 0 aliphatic heterocycles. The minimum Gasteiger partial charge on any atom is -0.479 e. The average Bonchev–Trinajstić information content (AvgIpc) is 2.41. The van der Waals surface area contributed by atoms with E-state index in [2.05, 4.69) is 5.32 Å². The molecule has 1 amide bonds. The first-order chi connectivity index (χ1) is 9.63. The summed E-state index contributed by atoms with van der Waals surface area (Å²) < 4.78 is 18.2. The molecule has 0 heterocycles. The third-order valence-corrected chi connectivity index (χ3v) is 3.72. The Hall–Kier alpha value is -1.37. The predicted molar refractivity (Wildman–Crippen MR) is 76.0 cm³/mol. The lowest BCUT2D eigenvalue weighted by Gasteiger charge is -2.25.